The molecule has 1 fully saturated rings. The summed E-state index contributed by atoms with van der Waals surface area (Å²) >= 11 is 5.88. The molecule has 2 aliphatic heterocycles. The Morgan fingerprint density at radius 3 is 2.29 bits per heavy atom. The van der Waals surface area contributed by atoms with Crippen molar-refractivity contribution in [3.8, 4) is 0 Å². The molecule has 130 valence electrons. The Balaban J connectivity index is 1.88. The van der Waals surface area contributed by atoms with Crippen LogP contribution >= 0.6 is 11.6 Å². The van der Waals surface area contributed by atoms with Crippen molar-refractivity contribution in [2.45, 2.75) is 63.7 Å². The molecule has 2 heterocycles. The molecular weight excluding hydrogens is 324 g/mol. The van der Waals surface area contributed by atoms with Crippen LogP contribution in [0.3, 0.4) is 0 Å². The van der Waals surface area contributed by atoms with Crippen LogP contribution in [-0.2, 0) is 14.1 Å². The summed E-state index contributed by atoms with van der Waals surface area (Å²) in [7, 11) is -0.378. The van der Waals surface area contributed by atoms with E-state index in [0.29, 0.717) is 5.88 Å². The van der Waals surface area contributed by atoms with Crippen LogP contribution in [0.15, 0.2) is 35.5 Å². The first kappa shape index (κ1) is 17.8. The molecule has 0 saturated carbocycles. The van der Waals surface area contributed by atoms with Gasteiger partial charge in [-0.1, -0.05) is 35.5 Å². The maximum absolute atomic E-state index is 6.29. The molecule has 1 aromatic carbocycles. The molecule has 0 amide bonds. The Bertz CT molecular complexity index is 590. The molecule has 0 aromatic heterocycles. The molecule has 2 atom stereocenters. The molecule has 0 N–H and O–H groups in total. The molecule has 24 heavy (non-hydrogen) atoms. The van der Waals surface area contributed by atoms with Crippen LogP contribution in [0.4, 0.5) is 0 Å². The highest BCUT2D eigenvalue weighted by molar-refractivity contribution is 6.55. The van der Waals surface area contributed by atoms with Gasteiger partial charge in [-0.3, -0.25) is 0 Å². The van der Waals surface area contributed by atoms with E-state index in [1.807, 2.05) is 30.3 Å². The van der Waals surface area contributed by atoms with Crippen LogP contribution in [0.25, 0.3) is 0 Å². The highest BCUT2D eigenvalue weighted by Crippen LogP contribution is 2.44. The maximum atomic E-state index is 6.29. The van der Waals surface area contributed by atoms with Gasteiger partial charge in [0.1, 0.15) is 6.10 Å². The smallest absolute Gasteiger partial charge is 0.403 e. The van der Waals surface area contributed by atoms with E-state index in [2.05, 4.69) is 32.9 Å². The van der Waals surface area contributed by atoms with Crippen molar-refractivity contribution in [3.05, 3.63) is 35.9 Å². The van der Waals surface area contributed by atoms with Crippen molar-refractivity contribution in [1.82, 2.24) is 0 Å². The molecule has 2 aliphatic rings. The van der Waals surface area contributed by atoms with Gasteiger partial charge in [-0.15, -0.1) is 11.6 Å². The fourth-order valence-electron chi connectivity index (χ4n) is 3.13. The average molecular weight is 350 g/mol. The zero-order chi connectivity index (χ0) is 17.4. The van der Waals surface area contributed by atoms with Crippen LogP contribution < -0.4 is 0 Å². The summed E-state index contributed by atoms with van der Waals surface area (Å²) in [5, 5.41) is 4.38. The lowest BCUT2D eigenvalue weighted by Gasteiger charge is -2.32. The molecule has 1 aromatic rings. The second kappa shape index (κ2) is 6.70. The fraction of sp³-hybridized carbons (Fsp3) is 0.611. The Labute approximate surface area is 149 Å². The lowest BCUT2D eigenvalue weighted by Crippen LogP contribution is -2.41. The molecule has 6 heteroatoms. The molecular formula is C18H25BClNO3. The molecule has 1 saturated heterocycles. The third kappa shape index (κ3) is 3.22. The summed E-state index contributed by atoms with van der Waals surface area (Å²) in [5.74, 6) is 0.549. The number of halogens is 1. The Morgan fingerprint density at radius 2 is 1.71 bits per heavy atom. The normalized spacial score (nSPS) is 27.9. The quantitative estimate of drug-likeness (QED) is 0.588. The number of rotatable bonds is 5. The van der Waals surface area contributed by atoms with E-state index in [-0.39, 0.29) is 30.2 Å². The minimum atomic E-state index is -0.378. The van der Waals surface area contributed by atoms with E-state index in [1.165, 1.54) is 0 Å². The molecule has 0 radical (unpaired) electrons. The first-order valence-corrected chi connectivity index (χ1v) is 9.10. The first-order valence-electron chi connectivity index (χ1n) is 8.56. The van der Waals surface area contributed by atoms with Crippen molar-refractivity contribution in [2.24, 2.45) is 5.16 Å². The van der Waals surface area contributed by atoms with Gasteiger partial charge in [-0.25, -0.2) is 0 Å². The van der Waals surface area contributed by atoms with Gasteiger partial charge in [-0.05, 0) is 46.1 Å². The number of hydrogen-bond donors (Lipinski definition) is 0. The van der Waals surface area contributed by atoms with E-state index in [0.717, 1.165) is 24.1 Å². The zero-order valence-corrected chi connectivity index (χ0v) is 15.5. The highest BCUT2D eigenvalue weighted by atomic mass is 35.5. The maximum Gasteiger partial charge on any atom is 0.471 e. The molecule has 0 aliphatic carbocycles. The van der Waals surface area contributed by atoms with Crippen molar-refractivity contribution >= 4 is 24.4 Å². The number of alkyl halides is 1. The number of nitrogens with zero attached hydrogens (tertiary/aromatic N) is 1. The second-order valence-corrected chi connectivity index (χ2v) is 7.85. The highest BCUT2D eigenvalue weighted by Gasteiger charge is 2.58. The van der Waals surface area contributed by atoms with E-state index in [4.69, 9.17) is 25.7 Å². The predicted octanol–water partition coefficient (Wildman–Crippen LogP) is 4.27. The van der Waals surface area contributed by atoms with Crippen molar-refractivity contribution in [3.63, 3.8) is 0 Å². The van der Waals surface area contributed by atoms with Crippen molar-refractivity contribution in [1.29, 1.82) is 0 Å². The Hall–Kier alpha value is -1.04. The minimum absolute atomic E-state index is 0.0586. The van der Waals surface area contributed by atoms with Gasteiger partial charge in [-0.2, -0.15) is 0 Å². The Morgan fingerprint density at radius 1 is 1.08 bits per heavy atom. The molecule has 0 spiro atoms. The molecule has 0 unspecified atom stereocenters. The largest absolute Gasteiger partial charge is 0.471 e. The monoisotopic (exact) mass is 349 g/mol. The lowest BCUT2D eigenvalue weighted by atomic mass is 9.64. The Kier molecular flexibility index (Phi) is 4.96. The van der Waals surface area contributed by atoms with Gasteiger partial charge in [0.2, 0.25) is 0 Å². The summed E-state index contributed by atoms with van der Waals surface area (Å²) in [6, 6.07) is 10.1. The van der Waals surface area contributed by atoms with E-state index < -0.39 is 0 Å². The topological polar surface area (TPSA) is 40.0 Å². The minimum Gasteiger partial charge on any atom is -0.403 e. The summed E-state index contributed by atoms with van der Waals surface area (Å²) in [5.41, 5.74) is 1.19. The van der Waals surface area contributed by atoms with E-state index in [1.54, 1.807) is 0 Å². The summed E-state index contributed by atoms with van der Waals surface area (Å²) in [4.78, 5) is 5.75. The number of oxime groups is 1. The van der Waals surface area contributed by atoms with Crippen LogP contribution in [0, 0.1) is 0 Å². The van der Waals surface area contributed by atoms with Gasteiger partial charge in [0.05, 0.1) is 22.7 Å². The van der Waals surface area contributed by atoms with Gasteiger partial charge < -0.3 is 14.1 Å². The van der Waals surface area contributed by atoms with Gasteiger partial charge >= 0.3 is 7.12 Å². The average Bonchev–Trinajstić information content (AvgIpc) is 3.04. The summed E-state index contributed by atoms with van der Waals surface area (Å²) < 4.78 is 12.6. The van der Waals surface area contributed by atoms with Crippen LogP contribution in [-0.4, -0.2) is 36.0 Å². The molecule has 4 nitrogen and oxygen atoms in total. The number of benzene rings is 1. The molecule has 3 rings (SSSR count). The summed E-state index contributed by atoms with van der Waals surface area (Å²) in [6.45, 7) is 8.26. The standard InChI is InChI=1S/C18H25BClNO3/c1-17(2)18(3,4)24-19(23-17)15-14(11-8-12-20)22-21-16(15)13-9-6-5-7-10-13/h5-7,9-10,14-15H,8,11-12H2,1-4H3/t14-,15-/m0/s1. The van der Waals surface area contributed by atoms with Crippen LogP contribution in [0.5, 0.6) is 0 Å². The lowest BCUT2D eigenvalue weighted by molar-refractivity contribution is 0.00578. The third-order valence-electron chi connectivity index (χ3n) is 5.26. The second-order valence-electron chi connectivity index (χ2n) is 7.47. The van der Waals surface area contributed by atoms with Gasteiger partial charge in [0.15, 0.2) is 0 Å². The predicted molar refractivity (Wildman–Crippen MR) is 97.6 cm³/mol. The zero-order valence-electron chi connectivity index (χ0n) is 14.8. The van der Waals surface area contributed by atoms with E-state index in [9.17, 15) is 0 Å². The molecule has 0 bridgehead atoms. The van der Waals surface area contributed by atoms with Crippen molar-refractivity contribution in [2.75, 3.05) is 5.88 Å². The van der Waals surface area contributed by atoms with Gasteiger partial charge in [0, 0.05) is 5.88 Å². The van der Waals surface area contributed by atoms with E-state index >= 15 is 0 Å². The third-order valence-corrected chi connectivity index (χ3v) is 5.53. The SMILES string of the molecule is CC1(C)OB([C@@H]2C(c3ccccc3)=NO[C@H]2CCCCl)OC1(C)C. The number of hydrogen-bond acceptors (Lipinski definition) is 4. The first-order chi connectivity index (χ1) is 11.4. The van der Waals surface area contributed by atoms with Crippen LogP contribution in [0.1, 0.15) is 46.1 Å². The fourth-order valence-corrected chi connectivity index (χ4v) is 3.29. The van der Waals surface area contributed by atoms with Crippen molar-refractivity contribution < 1.29 is 14.1 Å². The summed E-state index contributed by atoms with van der Waals surface area (Å²) in [6.07, 6.45) is 1.63. The van der Waals surface area contributed by atoms with Gasteiger partial charge in [0.25, 0.3) is 0 Å². The van der Waals surface area contributed by atoms with Crippen LogP contribution in [0.2, 0.25) is 5.82 Å².